The molecule has 2 aromatic carbocycles. The highest BCUT2D eigenvalue weighted by Crippen LogP contribution is 2.32. The first-order valence-electron chi connectivity index (χ1n) is 11.3. The predicted molar refractivity (Wildman–Crippen MR) is 132 cm³/mol. The third-order valence-electron chi connectivity index (χ3n) is 5.87. The van der Waals surface area contributed by atoms with Crippen molar-refractivity contribution in [2.75, 3.05) is 18.0 Å². The Kier molecular flexibility index (Phi) is 8.08. The van der Waals surface area contributed by atoms with Gasteiger partial charge in [0.25, 0.3) is 5.91 Å². The number of nitrogens with zero attached hydrogens (tertiary/aromatic N) is 2. The van der Waals surface area contributed by atoms with Crippen molar-refractivity contribution in [3.63, 3.8) is 0 Å². The Morgan fingerprint density at radius 1 is 1.16 bits per heavy atom. The molecule has 170 valence electrons. The van der Waals surface area contributed by atoms with Crippen molar-refractivity contribution < 1.29 is 9.59 Å². The van der Waals surface area contributed by atoms with Crippen molar-refractivity contribution in [3.8, 4) is 0 Å². The largest absolute Gasteiger partial charge is 0.355 e. The second kappa shape index (κ2) is 10.8. The summed E-state index contributed by atoms with van der Waals surface area (Å²) >= 11 is 6.36. The van der Waals surface area contributed by atoms with Crippen molar-refractivity contribution in [3.05, 3.63) is 64.7 Å². The van der Waals surface area contributed by atoms with E-state index in [0.717, 1.165) is 29.7 Å². The standard InChI is InChI=1S/C26H32ClN3O2/c1-5-18(4)24-26(32)30(16-23(31)28-14-13-17(2)3)22-12-11-20(27)15-21(22)25(29-24)19-9-7-6-8-10-19/h6-12,15,17-18,24H,5,13-14,16H2,1-4H3,(H,28,31)/t18-,24+/m1/s1. The summed E-state index contributed by atoms with van der Waals surface area (Å²) in [6.45, 7) is 8.85. The average molecular weight is 454 g/mol. The Hall–Kier alpha value is -2.66. The van der Waals surface area contributed by atoms with Crippen LogP contribution in [0.25, 0.3) is 0 Å². The van der Waals surface area contributed by atoms with Crippen molar-refractivity contribution in [1.29, 1.82) is 0 Å². The van der Waals surface area contributed by atoms with Crippen LogP contribution in [0.3, 0.4) is 0 Å². The fourth-order valence-electron chi connectivity index (χ4n) is 3.76. The molecule has 6 heteroatoms. The number of carbonyl (C=O) groups excluding carboxylic acids is 2. The molecular weight excluding hydrogens is 422 g/mol. The number of nitrogens with one attached hydrogen (secondary N) is 1. The first-order chi connectivity index (χ1) is 15.3. The summed E-state index contributed by atoms with van der Waals surface area (Å²) in [5, 5.41) is 3.51. The molecule has 0 spiro atoms. The van der Waals surface area contributed by atoms with E-state index in [0.29, 0.717) is 23.2 Å². The molecule has 1 aliphatic rings. The SMILES string of the molecule is CC[C@@H](C)[C@@H]1N=C(c2ccccc2)c2cc(Cl)ccc2N(CC(=O)NCCC(C)C)C1=O. The molecule has 2 atom stereocenters. The zero-order valence-corrected chi connectivity index (χ0v) is 20.0. The Bertz CT molecular complexity index is 988. The van der Waals surface area contributed by atoms with Gasteiger partial charge in [-0.2, -0.15) is 0 Å². The normalized spacial score (nSPS) is 16.9. The maximum Gasteiger partial charge on any atom is 0.252 e. The van der Waals surface area contributed by atoms with E-state index in [9.17, 15) is 9.59 Å². The van der Waals surface area contributed by atoms with Crippen LogP contribution in [-0.2, 0) is 9.59 Å². The van der Waals surface area contributed by atoms with Gasteiger partial charge < -0.3 is 10.2 Å². The molecule has 2 amide bonds. The number of hydrogen-bond donors (Lipinski definition) is 1. The fraction of sp³-hybridized carbons (Fsp3) is 0.423. The van der Waals surface area contributed by atoms with Gasteiger partial charge in [-0.25, -0.2) is 0 Å². The molecule has 32 heavy (non-hydrogen) atoms. The molecule has 0 saturated carbocycles. The van der Waals surface area contributed by atoms with Crippen LogP contribution >= 0.6 is 11.6 Å². The van der Waals surface area contributed by atoms with E-state index in [1.54, 1.807) is 11.0 Å². The minimum absolute atomic E-state index is 0.0255. The van der Waals surface area contributed by atoms with Crippen LogP contribution in [0, 0.1) is 11.8 Å². The minimum atomic E-state index is -0.579. The zero-order chi connectivity index (χ0) is 23.3. The number of fused-ring (bicyclic) bond motifs is 1. The molecule has 1 aliphatic heterocycles. The van der Waals surface area contributed by atoms with Crippen LogP contribution in [-0.4, -0.2) is 36.7 Å². The highest BCUT2D eigenvalue weighted by atomic mass is 35.5. The van der Waals surface area contributed by atoms with Crippen LogP contribution in [0.2, 0.25) is 5.02 Å². The van der Waals surface area contributed by atoms with E-state index in [1.807, 2.05) is 56.3 Å². The molecule has 5 nitrogen and oxygen atoms in total. The average Bonchev–Trinajstić information content (AvgIpc) is 2.88. The second-order valence-electron chi connectivity index (χ2n) is 8.79. The fourth-order valence-corrected chi connectivity index (χ4v) is 3.93. The van der Waals surface area contributed by atoms with Gasteiger partial charge in [0.05, 0.1) is 11.4 Å². The number of benzodiazepines with no additional fused rings is 1. The highest BCUT2D eigenvalue weighted by Gasteiger charge is 2.35. The molecule has 0 unspecified atom stereocenters. The van der Waals surface area contributed by atoms with Crippen LogP contribution in [0.4, 0.5) is 5.69 Å². The summed E-state index contributed by atoms with van der Waals surface area (Å²) in [4.78, 5) is 33.0. The third-order valence-corrected chi connectivity index (χ3v) is 6.10. The van der Waals surface area contributed by atoms with E-state index in [4.69, 9.17) is 16.6 Å². The van der Waals surface area contributed by atoms with E-state index in [1.165, 1.54) is 0 Å². The molecule has 0 aromatic heterocycles. The Morgan fingerprint density at radius 2 is 1.88 bits per heavy atom. The smallest absolute Gasteiger partial charge is 0.252 e. The molecule has 2 aromatic rings. The number of carbonyl (C=O) groups is 2. The van der Waals surface area contributed by atoms with E-state index >= 15 is 0 Å². The van der Waals surface area contributed by atoms with Gasteiger partial charge >= 0.3 is 0 Å². The quantitative estimate of drug-likeness (QED) is 0.604. The van der Waals surface area contributed by atoms with Gasteiger partial charge in [0.2, 0.25) is 5.91 Å². The summed E-state index contributed by atoms with van der Waals surface area (Å²) in [6.07, 6.45) is 1.69. The van der Waals surface area contributed by atoms with Gasteiger partial charge in [0.1, 0.15) is 12.6 Å². The maximum absolute atomic E-state index is 13.7. The van der Waals surface area contributed by atoms with Gasteiger partial charge in [-0.15, -0.1) is 0 Å². The zero-order valence-electron chi connectivity index (χ0n) is 19.3. The Morgan fingerprint density at radius 3 is 2.53 bits per heavy atom. The summed E-state index contributed by atoms with van der Waals surface area (Å²) in [5.41, 5.74) is 3.06. The van der Waals surface area contributed by atoms with Gasteiger partial charge in [0.15, 0.2) is 0 Å². The number of anilines is 1. The van der Waals surface area contributed by atoms with Crippen molar-refractivity contribution in [1.82, 2.24) is 5.32 Å². The lowest BCUT2D eigenvalue weighted by atomic mass is 9.98. The van der Waals surface area contributed by atoms with Gasteiger partial charge in [-0.05, 0) is 36.5 Å². The topological polar surface area (TPSA) is 61.8 Å². The molecular formula is C26H32ClN3O2. The first kappa shape index (κ1) is 24.0. The molecule has 1 N–H and O–H groups in total. The Balaban J connectivity index is 2.06. The maximum atomic E-state index is 13.7. The molecule has 0 saturated heterocycles. The summed E-state index contributed by atoms with van der Waals surface area (Å²) < 4.78 is 0. The number of hydrogen-bond acceptors (Lipinski definition) is 3. The number of amides is 2. The van der Waals surface area contributed by atoms with Crippen molar-refractivity contribution >= 4 is 34.8 Å². The van der Waals surface area contributed by atoms with Crippen LogP contribution in [0.15, 0.2) is 53.5 Å². The lowest BCUT2D eigenvalue weighted by Crippen LogP contribution is -2.46. The Labute approximate surface area is 195 Å². The lowest BCUT2D eigenvalue weighted by Gasteiger charge is -2.26. The summed E-state index contributed by atoms with van der Waals surface area (Å²) in [7, 11) is 0. The van der Waals surface area contributed by atoms with Crippen LogP contribution in [0.5, 0.6) is 0 Å². The van der Waals surface area contributed by atoms with Crippen LogP contribution < -0.4 is 10.2 Å². The lowest BCUT2D eigenvalue weighted by molar-refractivity contribution is -0.125. The third kappa shape index (κ3) is 5.57. The summed E-state index contributed by atoms with van der Waals surface area (Å²) in [5.74, 6) is 0.186. The van der Waals surface area contributed by atoms with Gasteiger partial charge in [-0.1, -0.05) is 76.0 Å². The van der Waals surface area contributed by atoms with E-state index in [-0.39, 0.29) is 24.3 Å². The molecule has 0 aliphatic carbocycles. The van der Waals surface area contributed by atoms with Crippen molar-refractivity contribution in [2.45, 2.75) is 46.6 Å². The predicted octanol–water partition coefficient (Wildman–Crippen LogP) is 5.10. The molecule has 3 rings (SSSR count). The first-order valence-corrected chi connectivity index (χ1v) is 11.7. The van der Waals surface area contributed by atoms with Crippen molar-refractivity contribution in [2.24, 2.45) is 16.8 Å². The molecule has 0 fully saturated rings. The van der Waals surface area contributed by atoms with Crippen LogP contribution in [0.1, 0.15) is 51.7 Å². The molecule has 0 bridgehead atoms. The molecule has 1 heterocycles. The van der Waals surface area contributed by atoms with Gasteiger partial charge in [0, 0.05) is 22.7 Å². The monoisotopic (exact) mass is 453 g/mol. The summed E-state index contributed by atoms with van der Waals surface area (Å²) in [6, 6.07) is 14.6. The number of benzene rings is 2. The van der Waals surface area contributed by atoms with Gasteiger partial charge in [-0.3, -0.25) is 14.6 Å². The molecule has 0 radical (unpaired) electrons. The number of halogens is 1. The number of rotatable bonds is 8. The van der Waals surface area contributed by atoms with E-state index < -0.39 is 6.04 Å². The number of aliphatic imine (C=N–C) groups is 1. The minimum Gasteiger partial charge on any atom is -0.355 e. The second-order valence-corrected chi connectivity index (χ2v) is 9.23. The highest BCUT2D eigenvalue weighted by molar-refractivity contribution is 6.32. The van der Waals surface area contributed by atoms with E-state index in [2.05, 4.69) is 19.2 Å².